The van der Waals surface area contributed by atoms with Crippen LogP contribution >= 0.6 is 0 Å². The SMILES string of the molecule is Cc1c(CC(C)CN)cnn1C1CCCC1. The number of rotatable bonds is 4. The summed E-state index contributed by atoms with van der Waals surface area (Å²) in [6.45, 7) is 5.16. The summed E-state index contributed by atoms with van der Waals surface area (Å²) >= 11 is 0. The van der Waals surface area contributed by atoms with E-state index < -0.39 is 0 Å². The van der Waals surface area contributed by atoms with Crippen LogP contribution in [0.15, 0.2) is 6.20 Å². The van der Waals surface area contributed by atoms with Gasteiger partial charge in [-0.2, -0.15) is 5.10 Å². The van der Waals surface area contributed by atoms with Gasteiger partial charge in [0.05, 0.1) is 12.2 Å². The minimum Gasteiger partial charge on any atom is -0.330 e. The van der Waals surface area contributed by atoms with Crippen LogP contribution in [-0.4, -0.2) is 16.3 Å². The molecule has 1 saturated carbocycles. The van der Waals surface area contributed by atoms with Crippen LogP contribution in [0, 0.1) is 12.8 Å². The molecule has 0 saturated heterocycles. The fourth-order valence-electron chi connectivity index (χ4n) is 2.64. The van der Waals surface area contributed by atoms with Gasteiger partial charge in [0, 0.05) is 5.69 Å². The molecule has 1 aromatic heterocycles. The zero-order valence-corrected chi connectivity index (χ0v) is 10.4. The van der Waals surface area contributed by atoms with E-state index in [0.717, 1.165) is 13.0 Å². The third-order valence-corrected chi connectivity index (χ3v) is 3.79. The normalized spacial score (nSPS) is 19.2. The molecule has 90 valence electrons. The van der Waals surface area contributed by atoms with Crippen molar-refractivity contribution in [3.63, 3.8) is 0 Å². The zero-order chi connectivity index (χ0) is 11.5. The van der Waals surface area contributed by atoms with Crippen LogP contribution in [0.1, 0.15) is 49.9 Å². The predicted octanol–water partition coefficient (Wildman–Crippen LogP) is 2.44. The van der Waals surface area contributed by atoms with E-state index in [4.69, 9.17) is 5.73 Å². The molecule has 3 nitrogen and oxygen atoms in total. The van der Waals surface area contributed by atoms with Gasteiger partial charge in [-0.15, -0.1) is 0 Å². The average molecular weight is 221 g/mol. The van der Waals surface area contributed by atoms with Crippen molar-refractivity contribution in [3.8, 4) is 0 Å². The summed E-state index contributed by atoms with van der Waals surface area (Å²) in [4.78, 5) is 0. The Labute approximate surface area is 98.0 Å². The molecule has 2 rings (SSSR count). The molecule has 1 fully saturated rings. The molecule has 1 atom stereocenters. The molecule has 1 heterocycles. The highest BCUT2D eigenvalue weighted by Crippen LogP contribution is 2.30. The Hall–Kier alpha value is -0.830. The van der Waals surface area contributed by atoms with Crippen molar-refractivity contribution in [2.24, 2.45) is 11.7 Å². The molecule has 0 aromatic carbocycles. The van der Waals surface area contributed by atoms with Gasteiger partial charge in [0.25, 0.3) is 0 Å². The fraction of sp³-hybridized carbons (Fsp3) is 0.769. The van der Waals surface area contributed by atoms with Gasteiger partial charge in [-0.05, 0) is 44.2 Å². The maximum absolute atomic E-state index is 5.67. The van der Waals surface area contributed by atoms with Crippen molar-refractivity contribution < 1.29 is 0 Å². The average Bonchev–Trinajstić information content (AvgIpc) is 2.89. The summed E-state index contributed by atoms with van der Waals surface area (Å²) in [6.07, 6.45) is 8.43. The number of aromatic nitrogens is 2. The maximum Gasteiger partial charge on any atom is 0.0524 e. The molecule has 0 radical (unpaired) electrons. The smallest absolute Gasteiger partial charge is 0.0524 e. The molecule has 1 unspecified atom stereocenters. The largest absolute Gasteiger partial charge is 0.330 e. The lowest BCUT2D eigenvalue weighted by Crippen LogP contribution is -2.14. The Morgan fingerprint density at radius 1 is 1.50 bits per heavy atom. The van der Waals surface area contributed by atoms with Crippen LogP contribution in [-0.2, 0) is 6.42 Å². The minimum atomic E-state index is 0.555. The first kappa shape index (κ1) is 11.6. The molecule has 3 heteroatoms. The summed E-state index contributed by atoms with van der Waals surface area (Å²) < 4.78 is 2.24. The van der Waals surface area contributed by atoms with Gasteiger partial charge in [0.2, 0.25) is 0 Å². The van der Waals surface area contributed by atoms with Crippen LogP contribution < -0.4 is 5.73 Å². The molecule has 2 N–H and O–H groups in total. The number of nitrogens with zero attached hydrogens (tertiary/aromatic N) is 2. The molecule has 0 bridgehead atoms. The second-order valence-corrected chi connectivity index (χ2v) is 5.18. The Bertz CT molecular complexity index is 337. The monoisotopic (exact) mass is 221 g/mol. The van der Waals surface area contributed by atoms with Crippen molar-refractivity contribution in [3.05, 3.63) is 17.5 Å². The van der Waals surface area contributed by atoms with E-state index in [1.807, 2.05) is 6.20 Å². The van der Waals surface area contributed by atoms with Gasteiger partial charge in [-0.3, -0.25) is 4.68 Å². The van der Waals surface area contributed by atoms with E-state index in [2.05, 4.69) is 23.6 Å². The third-order valence-electron chi connectivity index (χ3n) is 3.79. The number of nitrogens with two attached hydrogens (primary N) is 1. The van der Waals surface area contributed by atoms with Gasteiger partial charge in [0.15, 0.2) is 0 Å². The van der Waals surface area contributed by atoms with E-state index in [1.54, 1.807) is 0 Å². The predicted molar refractivity (Wildman–Crippen MR) is 66.4 cm³/mol. The minimum absolute atomic E-state index is 0.555. The summed E-state index contributed by atoms with van der Waals surface area (Å²) in [5.74, 6) is 0.555. The summed E-state index contributed by atoms with van der Waals surface area (Å²) in [5.41, 5.74) is 8.41. The van der Waals surface area contributed by atoms with Gasteiger partial charge in [-0.1, -0.05) is 19.8 Å². The maximum atomic E-state index is 5.67. The van der Waals surface area contributed by atoms with Crippen LogP contribution in [0.2, 0.25) is 0 Å². The van der Waals surface area contributed by atoms with E-state index in [0.29, 0.717) is 12.0 Å². The number of hydrogen-bond donors (Lipinski definition) is 1. The van der Waals surface area contributed by atoms with Crippen LogP contribution in [0.3, 0.4) is 0 Å². The number of hydrogen-bond acceptors (Lipinski definition) is 2. The summed E-state index contributed by atoms with van der Waals surface area (Å²) in [5, 5.41) is 4.56. The molecule has 16 heavy (non-hydrogen) atoms. The Morgan fingerprint density at radius 2 is 2.19 bits per heavy atom. The van der Waals surface area contributed by atoms with Crippen molar-refractivity contribution >= 4 is 0 Å². The molecule has 0 aliphatic heterocycles. The highest BCUT2D eigenvalue weighted by atomic mass is 15.3. The molecular weight excluding hydrogens is 198 g/mol. The van der Waals surface area contributed by atoms with Crippen LogP contribution in [0.5, 0.6) is 0 Å². The van der Waals surface area contributed by atoms with Crippen LogP contribution in [0.4, 0.5) is 0 Å². The fourth-order valence-corrected chi connectivity index (χ4v) is 2.64. The second-order valence-electron chi connectivity index (χ2n) is 5.18. The zero-order valence-electron chi connectivity index (χ0n) is 10.4. The molecule has 0 spiro atoms. The van der Waals surface area contributed by atoms with E-state index in [-0.39, 0.29) is 0 Å². The van der Waals surface area contributed by atoms with Crippen LogP contribution in [0.25, 0.3) is 0 Å². The Kier molecular flexibility index (Phi) is 3.64. The quantitative estimate of drug-likeness (QED) is 0.848. The van der Waals surface area contributed by atoms with E-state index in [1.165, 1.54) is 36.9 Å². The van der Waals surface area contributed by atoms with Gasteiger partial charge in [0.1, 0.15) is 0 Å². The van der Waals surface area contributed by atoms with E-state index in [9.17, 15) is 0 Å². The summed E-state index contributed by atoms with van der Waals surface area (Å²) in [7, 11) is 0. The first-order valence-electron chi connectivity index (χ1n) is 6.45. The first-order valence-corrected chi connectivity index (χ1v) is 6.45. The first-order chi connectivity index (χ1) is 7.72. The van der Waals surface area contributed by atoms with Gasteiger partial charge < -0.3 is 5.73 Å². The Balaban J connectivity index is 2.10. The standard InChI is InChI=1S/C13H23N3/c1-10(8-14)7-12-9-15-16(11(12)2)13-5-3-4-6-13/h9-10,13H,3-8,14H2,1-2H3. The van der Waals surface area contributed by atoms with Crippen molar-refractivity contribution in [2.45, 2.75) is 52.0 Å². The Morgan fingerprint density at radius 3 is 2.81 bits per heavy atom. The lowest BCUT2D eigenvalue weighted by Gasteiger charge is -2.13. The second kappa shape index (κ2) is 5.00. The molecule has 1 aromatic rings. The van der Waals surface area contributed by atoms with Crippen molar-refractivity contribution in [1.29, 1.82) is 0 Å². The van der Waals surface area contributed by atoms with Gasteiger partial charge >= 0.3 is 0 Å². The van der Waals surface area contributed by atoms with Crippen molar-refractivity contribution in [1.82, 2.24) is 9.78 Å². The molecule has 1 aliphatic rings. The lowest BCUT2D eigenvalue weighted by atomic mass is 10.0. The molecule has 1 aliphatic carbocycles. The van der Waals surface area contributed by atoms with E-state index >= 15 is 0 Å². The molecule has 0 amide bonds. The van der Waals surface area contributed by atoms with Gasteiger partial charge in [-0.25, -0.2) is 0 Å². The lowest BCUT2D eigenvalue weighted by molar-refractivity contribution is 0.455. The topological polar surface area (TPSA) is 43.8 Å². The third kappa shape index (κ3) is 2.29. The molecular formula is C13H23N3. The summed E-state index contributed by atoms with van der Waals surface area (Å²) in [6, 6.07) is 0.655. The van der Waals surface area contributed by atoms with Crippen molar-refractivity contribution in [2.75, 3.05) is 6.54 Å². The highest BCUT2D eigenvalue weighted by molar-refractivity contribution is 5.17. The highest BCUT2D eigenvalue weighted by Gasteiger charge is 2.20.